The fraction of sp³-hybridized carbons (Fsp3) is 0.360. The minimum atomic E-state index is -1.47. The smallest absolute Gasteiger partial charge is 0.338 e. The van der Waals surface area contributed by atoms with E-state index < -0.39 is 36.5 Å². The second-order valence-electron chi connectivity index (χ2n) is 8.43. The van der Waals surface area contributed by atoms with E-state index in [9.17, 15) is 20.1 Å². The number of aromatic carboxylic acids is 1. The van der Waals surface area contributed by atoms with Gasteiger partial charge in [-0.25, -0.2) is 4.79 Å². The van der Waals surface area contributed by atoms with Crippen LogP contribution in [0.3, 0.4) is 0 Å². The van der Waals surface area contributed by atoms with E-state index in [2.05, 4.69) is 5.10 Å². The number of carboxylic acid groups (broad SMARTS) is 1. The maximum atomic E-state index is 11.1. The fourth-order valence-corrected chi connectivity index (χ4v) is 4.32. The first-order chi connectivity index (χ1) is 16.8. The maximum Gasteiger partial charge on any atom is 0.338 e. The van der Waals surface area contributed by atoms with Gasteiger partial charge in [0.05, 0.1) is 24.9 Å². The van der Waals surface area contributed by atoms with Crippen LogP contribution in [0.2, 0.25) is 5.02 Å². The molecule has 1 fully saturated rings. The zero-order valence-electron chi connectivity index (χ0n) is 19.0. The summed E-state index contributed by atoms with van der Waals surface area (Å²) < 4.78 is 12.8. The van der Waals surface area contributed by atoms with Crippen LogP contribution in [0.1, 0.15) is 40.1 Å². The van der Waals surface area contributed by atoms with Crippen molar-refractivity contribution in [2.24, 2.45) is 0 Å². The molecule has 35 heavy (non-hydrogen) atoms. The van der Waals surface area contributed by atoms with Crippen molar-refractivity contribution in [1.82, 2.24) is 9.78 Å². The van der Waals surface area contributed by atoms with Crippen LogP contribution in [0.5, 0.6) is 5.75 Å². The lowest BCUT2D eigenvalue weighted by molar-refractivity contribution is -0.228. The van der Waals surface area contributed by atoms with Crippen LogP contribution < -0.4 is 4.74 Å². The average molecular weight is 503 g/mol. The average Bonchev–Trinajstić information content (AvgIpc) is 3.31. The number of carbonyl (C=O) groups is 1. The molecule has 3 aromatic rings. The third-order valence-electron chi connectivity index (χ3n) is 5.99. The monoisotopic (exact) mass is 502 g/mol. The summed E-state index contributed by atoms with van der Waals surface area (Å²) in [6, 6.07) is 12.9. The van der Waals surface area contributed by atoms with Gasteiger partial charge in [-0.15, -0.1) is 0 Å². The van der Waals surface area contributed by atoms with E-state index in [0.717, 1.165) is 16.9 Å². The summed E-state index contributed by atoms with van der Waals surface area (Å²) in [5.74, 6) is -0.350. The van der Waals surface area contributed by atoms with Gasteiger partial charge in [0.25, 0.3) is 0 Å². The Kier molecular flexibility index (Phi) is 7.73. The molecule has 0 radical (unpaired) electrons. The number of aromatic nitrogens is 2. The molecule has 1 saturated heterocycles. The maximum absolute atomic E-state index is 11.1. The second-order valence-corrected chi connectivity index (χ2v) is 8.83. The van der Waals surface area contributed by atoms with Gasteiger partial charge in [-0.1, -0.05) is 35.9 Å². The van der Waals surface area contributed by atoms with Crippen LogP contribution in [0.4, 0.5) is 0 Å². The molecular formula is C25H27ClN2O7. The number of aliphatic hydroxyl groups is 3. The number of ether oxygens (including phenoxy) is 2. The Morgan fingerprint density at radius 1 is 1.11 bits per heavy atom. The van der Waals surface area contributed by atoms with E-state index >= 15 is 0 Å². The van der Waals surface area contributed by atoms with Gasteiger partial charge in [-0.2, -0.15) is 5.10 Å². The molecule has 0 amide bonds. The Morgan fingerprint density at radius 3 is 2.51 bits per heavy atom. The Bertz CT molecular complexity index is 1170. The van der Waals surface area contributed by atoms with Crippen molar-refractivity contribution < 1.29 is 34.7 Å². The van der Waals surface area contributed by atoms with Gasteiger partial charge in [-0.3, -0.25) is 4.68 Å². The number of nitrogens with zero attached hydrogens (tertiary/aromatic N) is 2. The predicted octanol–water partition coefficient (Wildman–Crippen LogP) is 2.45. The third kappa shape index (κ3) is 5.66. The highest BCUT2D eigenvalue weighted by atomic mass is 35.5. The molecule has 0 unspecified atom stereocenters. The summed E-state index contributed by atoms with van der Waals surface area (Å²) >= 11 is 6.44. The van der Waals surface area contributed by atoms with Crippen LogP contribution in [-0.4, -0.2) is 67.2 Å². The van der Waals surface area contributed by atoms with Crippen molar-refractivity contribution >= 4 is 17.6 Å². The van der Waals surface area contributed by atoms with E-state index in [-0.39, 0.29) is 12.1 Å². The number of aliphatic hydroxyl groups excluding tert-OH is 3. The topological polar surface area (TPSA) is 134 Å². The molecule has 0 saturated carbocycles. The Morgan fingerprint density at radius 2 is 1.86 bits per heavy atom. The number of hydrogen-bond acceptors (Lipinski definition) is 7. The van der Waals surface area contributed by atoms with Crippen LogP contribution in [0.15, 0.2) is 54.9 Å². The van der Waals surface area contributed by atoms with Crippen LogP contribution in [0, 0.1) is 0 Å². The molecule has 9 nitrogen and oxygen atoms in total. The molecule has 0 spiro atoms. The quantitative estimate of drug-likeness (QED) is 0.369. The number of hydrogen-bond donors (Lipinski definition) is 4. The van der Waals surface area contributed by atoms with Crippen LogP contribution in [0.25, 0.3) is 0 Å². The highest BCUT2D eigenvalue weighted by Gasteiger charge is 2.44. The lowest BCUT2D eigenvalue weighted by atomic mass is 9.90. The molecule has 1 aliphatic rings. The van der Waals surface area contributed by atoms with Crippen molar-refractivity contribution in [3.63, 3.8) is 0 Å². The van der Waals surface area contributed by atoms with E-state index in [4.69, 9.17) is 26.2 Å². The van der Waals surface area contributed by atoms with E-state index in [0.29, 0.717) is 23.6 Å². The molecule has 1 aliphatic heterocycles. The zero-order chi connectivity index (χ0) is 25.1. The molecule has 4 rings (SSSR count). The minimum absolute atomic E-state index is 0.0101. The number of benzene rings is 2. The molecule has 0 aliphatic carbocycles. The van der Waals surface area contributed by atoms with Gasteiger partial charge in [0.15, 0.2) is 0 Å². The summed E-state index contributed by atoms with van der Waals surface area (Å²) in [6.07, 6.45) is -3.11. The Balaban J connectivity index is 1.54. The van der Waals surface area contributed by atoms with Gasteiger partial charge in [0, 0.05) is 11.2 Å². The van der Waals surface area contributed by atoms with Crippen molar-refractivity contribution in [3.8, 4) is 5.75 Å². The Hall–Kier alpha value is -2.95. The first kappa shape index (κ1) is 25.2. The number of rotatable bonds is 8. The largest absolute Gasteiger partial charge is 0.494 e. The summed E-state index contributed by atoms with van der Waals surface area (Å²) in [4.78, 5) is 11.1. The van der Waals surface area contributed by atoms with Gasteiger partial charge >= 0.3 is 5.97 Å². The first-order valence-electron chi connectivity index (χ1n) is 11.2. The second kappa shape index (κ2) is 10.8. The van der Waals surface area contributed by atoms with Crippen molar-refractivity contribution in [1.29, 1.82) is 0 Å². The van der Waals surface area contributed by atoms with Crippen LogP contribution in [-0.2, 0) is 17.7 Å². The summed E-state index contributed by atoms with van der Waals surface area (Å²) in [7, 11) is 0. The molecule has 2 heterocycles. The van der Waals surface area contributed by atoms with Crippen molar-refractivity contribution in [3.05, 3.63) is 82.1 Å². The van der Waals surface area contributed by atoms with E-state index in [1.807, 2.05) is 37.3 Å². The lowest BCUT2D eigenvalue weighted by Crippen LogP contribution is -2.55. The van der Waals surface area contributed by atoms with Gasteiger partial charge < -0.3 is 29.9 Å². The molecule has 10 heteroatoms. The molecule has 2 aromatic carbocycles. The predicted molar refractivity (Wildman–Crippen MR) is 127 cm³/mol. The lowest BCUT2D eigenvalue weighted by Gasteiger charge is -2.41. The SMILES string of the molecule is CCOc1ccc(Cc2cc([C@@H]3O[C@H](Cn4cc(C(=O)O)cn4)[C@H](O)[C@@H](O)[C@H]3O)ccc2Cl)cc1. The number of halogens is 1. The van der Waals surface area contributed by atoms with Gasteiger partial charge in [-0.05, 0) is 48.2 Å². The molecule has 5 atom stereocenters. The van der Waals surface area contributed by atoms with Crippen molar-refractivity contribution in [2.75, 3.05) is 6.61 Å². The minimum Gasteiger partial charge on any atom is -0.494 e. The van der Waals surface area contributed by atoms with E-state index in [1.54, 1.807) is 12.1 Å². The first-order valence-corrected chi connectivity index (χ1v) is 11.6. The number of carboxylic acids is 1. The van der Waals surface area contributed by atoms with Crippen molar-refractivity contribution in [2.45, 2.75) is 50.4 Å². The summed E-state index contributed by atoms with van der Waals surface area (Å²) in [6.45, 7) is 2.49. The zero-order valence-corrected chi connectivity index (χ0v) is 19.7. The fourth-order valence-electron chi connectivity index (χ4n) is 4.13. The molecule has 4 N–H and O–H groups in total. The summed E-state index contributed by atoms with van der Waals surface area (Å²) in [5, 5.41) is 45.3. The van der Waals surface area contributed by atoms with E-state index in [1.165, 1.54) is 17.1 Å². The highest BCUT2D eigenvalue weighted by molar-refractivity contribution is 6.31. The molecular weight excluding hydrogens is 476 g/mol. The molecule has 186 valence electrons. The summed E-state index contributed by atoms with van der Waals surface area (Å²) in [5.41, 5.74) is 2.40. The third-order valence-corrected chi connectivity index (χ3v) is 6.36. The van der Waals surface area contributed by atoms with Gasteiger partial charge in [0.1, 0.15) is 36.3 Å². The standard InChI is InChI=1S/C25H27ClN2O7/c1-2-34-18-6-3-14(4-7-18)9-16-10-15(5-8-19(16)26)24-23(31)22(30)21(29)20(35-24)13-28-12-17(11-27-28)25(32)33/h3-8,10-12,20-24,29-31H,2,9,13H2,1H3,(H,32,33)/t20-,21+,22-,23-,24+/m1/s1. The Labute approximate surface area is 207 Å². The highest BCUT2D eigenvalue weighted by Crippen LogP contribution is 2.35. The van der Waals surface area contributed by atoms with Crippen LogP contribution >= 0.6 is 11.6 Å². The van der Waals surface area contributed by atoms with Gasteiger partial charge in [0.2, 0.25) is 0 Å². The normalized spacial score (nSPS) is 24.3. The molecule has 1 aromatic heterocycles. The molecule has 0 bridgehead atoms.